The molecule has 0 aliphatic carbocycles. The van der Waals surface area contributed by atoms with Crippen LogP contribution in [0, 0.1) is 13.8 Å². The van der Waals surface area contributed by atoms with Gasteiger partial charge in [-0.3, -0.25) is 9.69 Å². The topological polar surface area (TPSA) is 44.4 Å². The van der Waals surface area contributed by atoms with Gasteiger partial charge in [-0.2, -0.15) is 0 Å². The maximum Gasteiger partial charge on any atom is 0.237 e. The second-order valence-electron chi connectivity index (χ2n) is 8.72. The number of aryl methyl sites for hydroxylation is 2. The summed E-state index contributed by atoms with van der Waals surface area (Å²) >= 11 is 0. The molecular weight excluding hydrogens is 382 g/mol. The SMILES string of the molecule is CCNC(=O)[C@@H]1C[C@H](NCc2cc(C)ccc2C)CN1Cc1cccc2ccccc12. The Morgan fingerprint density at radius 1 is 1.03 bits per heavy atom. The van der Waals surface area contributed by atoms with E-state index >= 15 is 0 Å². The summed E-state index contributed by atoms with van der Waals surface area (Å²) in [7, 11) is 0. The Kier molecular flexibility index (Phi) is 6.69. The minimum atomic E-state index is -0.102. The molecule has 1 aliphatic heterocycles. The van der Waals surface area contributed by atoms with E-state index < -0.39 is 0 Å². The summed E-state index contributed by atoms with van der Waals surface area (Å²) in [5.41, 5.74) is 5.21. The molecule has 2 atom stereocenters. The Morgan fingerprint density at radius 2 is 1.84 bits per heavy atom. The van der Waals surface area contributed by atoms with Crippen LogP contribution in [0.2, 0.25) is 0 Å². The fourth-order valence-electron chi connectivity index (χ4n) is 4.69. The predicted octanol–water partition coefficient (Wildman–Crippen LogP) is 4.33. The summed E-state index contributed by atoms with van der Waals surface area (Å²) < 4.78 is 0. The van der Waals surface area contributed by atoms with Crippen molar-refractivity contribution in [2.24, 2.45) is 0 Å². The highest BCUT2D eigenvalue weighted by Crippen LogP contribution is 2.25. The zero-order valence-electron chi connectivity index (χ0n) is 18.8. The molecule has 1 heterocycles. The van der Waals surface area contributed by atoms with Crippen LogP contribution in [0.5, 0.6) is 0 Å². The number of carbonyl (C=O) groups is 1. The van der Waals surface area contributed by atoms with E-state index in [4.69, 9.17) is 0 Å². The van der Waals surface area contributed by atoms with Gasteiger partial charge in [-0.1, -0.05) is 66.2 Å². The fourth-order valence-corrected chi connectivity index (χ4v) is 4.69. The summed E-state index contributed by atoms with van der Waals surface area (Å²) in [5.74, 6) is 0.138. The van der Waals surface area contributed by atoms with Gasteiger partial charge in [0.05, 0.1) is 6.04 Å². The van der Waals surface area contributed by atoms with Gasteiger partial charge in [0.25, 0.3) is 0 Å². The second-order valence-corrected chi connectivity index (χ2v) is 8.72. The first-order chi connectivity index (χ1) is 15.0. The minimum absolute atomic E-state index is 0.102. The average molecular weight is 416 g/mol. The predicted molar refractivity (Wildman–Crippen MR) is 128 cm³/mol. The third-order valence-electron chi connectivity index (χ3n) is 6.40. The molecule has 3 aromatic rings. The number of rotatable bonds is 7. The molecule has 0 spiro atoms. The average Bonchev–Trinajstić information content (AvgIpc) is 3.17. The number of hydrogen-bond donors (Lipinski definition) is 2. The van der Waals surface area contributed by atoms with Gasteiger partial charge in [-0.05, 0) is 54.7 Å². The largest absolute Gasteiger partial charge is 0.355 e. The van der Waals surface area contributed by atoms with E-state index in [1.807, 2.05) is 6.92 Å². The Bertz CT molecular complexity index is 1060. The Hall–Kier alpha value is -2.69. The lowest BCUT2D eigenvalue weighted by Crippen LogP contribution is -2.42. The van der Waals surface area contributed by atoms with Crippen molar-refractivity contribution in [3.63, 3.8) is 0 Å². The molecule has 1 fully saturated rings. The molecular formula is C27H33N3O. The summed E-state index contributed by atoms with van der Waals surface area (Å²) in [6, 6.07) is 21.7. The lowest BCUT2D eigenvalue weighted by Gasteiger charge is -2.24. The summed E-state index contributed by atoms with van der Waals surface area (Å²) in [4.78, 5) is 15.2. The molecule has 162 valence electrons. The monoisotopic (exact) mass is 415 g/mol. The summed E-state index contributed by atoms with van der Waals surface area (Å²) in [6.07, 6.45) is 0.835. The number of likely N-dealkylation sites (N-methyl/N-ethyl adjacent to an activating group) is 1. The zero-order chi connectivity index (χ0) is 21.8. The van der Waals surface area contributed by atoms with Gasteiger partial charge in [0.15, 0.2) is 0 Å². The van der Waals surface area contributed by atoms with Gasteiger partial charge in [-0.15, -0.1) is 0 Å². The van der Waals surface area contributed by atoms with Crippen molar-refractivity contribution in [2.45, 2.75) is 52.4 Å². The van der Waals surface area contributed by atoms with E-state index in [-0.39, 0.29) is 11.9 Å². The van der Waals surface area contributed by atoms with E-state index in [0.717, 1.165) is 26.1 Å². The van der Waals surface area contributed by atoms with Crippen molar-refractivity contribution >= 4 is 16.7 Å². The molecule has 4 rings (SSSR count). The van der Waals surface area contributed by atoms with Gasteiger partial charge in [0.2, 0.25) is 5.91 Å². The van der Waals surface area contributed by atoms with Crippen LogP contribution >= 0.6 is 0 Å². The minimum Gasteiger partial charge on any atom is -0.355 e. The smallest absolute Gasteiger partial charge is 0.237 e. The highest BCUT2D eigenvalue weighted by atomic mass is 16.2. The van der Waals surface area contributed by atoms with E-state index in [2.05, 4.69) is 90.0 Å². The molecule has 1 amide bonds. The molecule has 0 saturated carbocycles. The highest BCUT2D eigenvalue weighted by molar-refractivity contribution is 5.86. The Balaban J connectivity index is 1.51. The molecule has 1 aliphatic rings. The maximum atomic E-state index is 12.8. The molecule has 0 aromatic heterocycles. The fraction of sp³-hybridized carbons (Fsp3) is 0.370. The Labute approximate surface area is 185 Å². The van der Waals surface area contributed by atoms with Crippen LogP contribution in [0.25, 0.3) is 10.8 Å². The first-order valence-corrected chi connectivity index (χ1v) is 11.3. The quantitative estimate of drug-likeness (QED) is 0.604. The van der Waals surface area contributed by atoms with E-state index in [0.29, 0.717) is 12.6 Å². The third kappa shape index (κ3) is 4.97. The van der Waals surface area contributed by atoms with Crippen molar-refractivity contribution in [1.29, 1.82) is 0 Å². The standard InChI is InChI=1S/C27H33N3O/c1-4-28-27(31)26-15-24(29-16-23-14-19(2)12-13-20(23)3)18-30(26)17-22-10-7-9-21-8-5-6-11-25(21)22/h5-14,24,26,29H,4,15-18H2,1-3H3,(H,28,31)/t24-,26-/m0/s1. The van der Waals surface area contributed by atoms with E-state index in [1.165, 1.54) is 33.0 Å². The normalized spacial score (nSPS) is 19.1. The van der Waals surface area contributed by atoms with Crippen LogP contribution in [0.3, 0.4) is 0 Å². The van der Waals surface area contributed by atoms with Gasteiger partial charge >= 0.3 is 0 Å². The van der Waals surface area contributed by atoms with E-state index in [1.54, 1.807) is 0 Å². The maximum absolute atomic E-state index is 12.8. The molecule has 2 N–H and O–H groups in total. The van der Waals surface area contributed by atoms with E-state index in [9.17, 15) is 4.79 Å². The number of fused-ring (bicyclic) bond motifs is 1. The van der Waals surface area contributed by atoms with Crippen LogP contribution in [0.1, 0.15) is 35.6 Å². The number of benzene rings is 3. The number of carbonyl (C=O) groups excluding carboxylic acids is 1. The second kappa shape index (κ2) is 9.63. The van der Waals surface area contributed by atoms with Crippen LogP contribution < -0.4 is 10.6 Å². The Morgan fingerprint density at radius 3 is 2.68 bits per heavy atom. The third-order valence-corrected chi connectivity index (χ3v) is 6.40. The van der Waals surface area contributed by atoms with Gasteiger partial charge in [0, 0.05) is 32.2 Å². The number of hydrogen-bond acceptors (Lipinski definition) is 3. The number of nitrogens with zero attached hydrogens (tertiary/aromatic N) is 1. The molecule has 0 unspecified atom stereocenters. The number of likely N-dealkylation sites (tertiary alicyclic amines) is 1. The summed E-state index contributed by atoms with van der Waals surface area (Å²) in [6.45, 7) is 9.43. The molecule has 0 bridgehead atoms. The lowest BCUT2D eigenvalue weighted by atomic mass is 10.0. The molecule has 4 heteroatoms. The molecule has 1 saturated heterocycles. The van der Waals surface area contributed by atoms with Crippen LogP contribution in [-0.4, -0.2) is 36.0 Å². The molecule has 31 heavy (non-hydrogen) atoms. The van der Waals surface area contributed by atoms with Gasteiger partial charge < -0.3 is 10.6 Å². The van der Waals surface area contributed by atoms with Crippen molar-refractivity contribution in [1.82, 2.24) is 15.5 Å². The first-order valence-electron chi connectivity index (χ1n) is 11.3. The summed E-state index contributed by atoms with van der Waals surface area (Å²) in [5, 5.41) is 9.29. The van der Waals surface area contributed by atoms with Gasteiger partial charge in [-0.25, -0.2) is 0 Å². The molecule has 3 aromatic carbocycles. The zero-order valence-corrected chi connectivity index (χ0v) is 18.8. The van der Waals surface area contributed by atoms with Crippen molar-refractivity contribution in [2.75, 3.05) is 13.1 Å². The van der Waals surface area contributed by atoms with Crippen LogP contribution in [0.15, 0.2) is 60.7 Å². The van der Waals surface area contributed by atoms with Crippen LogP contribution in [0.4, 0.5) is 0 Å². The van der Waals surface area contributed by atoms with Crippen LogP contribution in [-0.2, 0) is 17.9 Å². The van der Waals surface area contributed by atoms with Crippen molar-refractivity contribution < 1.29 is 4.79 Å². The molecule has 4 nitrogen and oxygen atoms in total. The van der Waals surface area contributed by atoms with Crippen molar-refractivity contribution in [3.8, 4) is 0 Å². The highest BCUT2D eigenvalue weighted by Gasteiger charge is 2.36. The number of nitrogens with one attached hydrogen (secondary N) is 2. The lowest BCUT2D eigenvalue weighted by molar-refractivity contribution is -0.125. The first kappa shape index (κ1) is 21.5. The van der Waals surface area contributed by atoms with Crippen molar-refractivity contribution in [3.05, 3.63) is 82.9 Å². The molecule has 0 radical (unpaired) electrons. The van der Waals surface area contributed by atoms with Gasteiger partial charge in [0.1, 0.15) is 0 Å². The number of amides is 1.